The molecule has 1 aromatic rings. The van der Waals surface area contributed by atoms with E-state index >= 15 is 0 Å². The maximum atomic E-state index is 12.0. The van der Waals surface area contributed by atoms with Crippen molar-refractivity contribution < 1.29 is 9.59 Å². The predicted octanol–water partition coefficient (Wildman–Crippen LogP) is 0.856. The summed E-state index contributed by atoms with van der Waals surface area (Å²) in [5.74, 6) is 1.36. The molecule has 0 unspecified atom stereocenters. The van der Waals surface area contributed by atoms with Crippen LogP contribution in [0.25, 0.3) is 0 Å². The number of nitrogens with one attached hydrogen (secondary N) is 1. The first-order chi connectivity index (χ1) is 8.60. The van der Waals surface area contributed by atoms with Crippen LogP contribution in [-0.2, 0) is 11.2 Å². The maximum Gasteiger partial charge on any atom is 0.252 e. The molecule has 0 aliphatic rings. The van der Waals surface area contributed by atoms with Gasteiger partial charge in [0.2, 0.25) is 5.91 Å². The van der Waals surface area contributed by atoms with Crippen molar-refractivity contribution in [1.82, 2.24) is 5.32 Å². The summed E-state index contributed by atoms with van der Waals surface area (Å²) in [5.41, 5.74) is 6.63. The number of carbonyl (C=O) groups excluding carboxylic acids is 2. The third-order valence-electron chi connectivity index (χ3n) is 2.61. The number of hydrogen-bond donors (Lipinski definition) is 2. The first-order valence-electron chi connectivity index (χ1n) is 5.71. The zero-order valence-electron chi connectivity index (χ0n) is 10.3. The summed E-state index contributed by atoms with van der Waals surface area (Å²) in [6.45, 7) is 1.96. The van der Waals surface area contributed by atoms with Crippen molar-refractivity contribution in [2.75, 3.05) is 0 Å². The molecule has 1 atom stereocenters. The van der Waals surface area contributed by atoms with Gasteiger partial charge in [-0.2, -0.15) is 0 Å². The van der Waals surface area contributed by atoms with E-state index in [0.29, 0.717) is 5.56 Å². The average molecular weight is 244 g/mol. The number of rotatable bonds is 5. The van der Waals surface area contributed by atoms with Crippen LogP contribution in [0.5, 0.6) is 0 Å². The second-order valence-corrected chi connectivity index (χ2v) is 3.85. The van der Waals surface area contributed by atoms with Gasteiger partial charge in [-0.25, -0.2) is 0 Å². The van der Waals surface area contributed by atoms with Crippen molar-refractivity contribution in [1.29, 1.82) is 0 Å². The van der Waals surface area contributed by atoms with Gasteiger partial charge in [0.05, 0.1) is 0 Å². The Morgan fingerprint density at radius 2 is 2.11 bits per heavy atom. The molecule has 2 amide bonds. The smallest absolute Gasteiger partial charge is 0.252 e. The van der Waals surface area contributed by atoms with Crippen molar-refractivity contribution in [3.05, 3.63) is 35.4 Å². The Hall–Kier alpha value is -2.28. The second-order valence-electron chi connectivity index (χ2n) is 3.85. The lowest BCUT2D eigenvalue weighted by Gasteiger charge is -2.14. The summed E-state index contributed by atoms with van der Waals surface area (Å²) in [6.07, 6.45) is 5.96. The van der Waals surface area contributed by atoms with Crippen molar-refractivity contribution in [3.63, 3.8) is 0 Å². The fraction of sp³-hybridized carbons (Fsp3) is 0.286. The first-order valence-corrected chi connectivity index (χ1v) is 5.71. The molecule has 4 nitrogen and oxygen atoms in total. The maximum absolute atomic E-state index is 12.0. The van der Waals surface area contributed by atoms with Crippen LogP contribution in [0.2, 0.25) is 0 Å². The van der Waals surface area contributed by atoms with Crippen LogP contribution in [0, 0.1) is 12.3 Å². The summed E-state index contributed by atoms with van der Waals surface area (Å²) < 4.78 is 0. The van der Waals surface area contributed by atoms with Crippen molar-refractivity contribution >= 4 is 11.8 Å². The van der Waals surface area contributed by atoms with Gasteiger partial charge in [0.15, 0.2) is 0 Å². The topological polar surface area (TPSA) is 72.2 Å². The van der Waals surface area contributed by atoms with Gasteiger partial charge < -0.3 is 11.1 Å². The number of benzene rings is 1. The molecule has 0 aliphatic heterocycles. The van der Waals surface area contributed by atoms with E-state index < -0.39 is 11.9 Å². The molecular weight excluding hydrogens is 228 g/mol. The number of hydrogen-bond acceptors (Lipinski definition) is 2. The predicted molar refractivity (Wildman–Crippen MR) is 69.7 cm³/mol. The molecule has 0 spiro atoms. The van der Waals surface area contributed by atoms with E-state index in [-0.39, 0.29) is 12.3 Å². The highest BCUT2D eigenvalue weighted by Gasteiger charge is 2.18. The SMILES string of the molecule is C#CC[C@@H](NC(=O)c1ccccc1CC)C(N)=O. The molecule has 1 rings (SSSR count). The van der Waals surface area contributed by atoms with E-state index in [4.69, 9.17) is 12.2 Å². The standard InChI is InChI=1S/C14H16N2O2/c1-3-7-12(13(15)17)16-14(18)11-9-6-5-8-10(11)4-2/h1,5-6,8-9,12H,4,7H2,2H3,(H2,15,17)(H,16,18)/t12-/m1/s1. The van der Waals surface area contributed by atoms with E-state index in [0.717, 1.165) is 12.0 Å². The molecule has 0 saturated heterocycles. The minimum absolute atomic E-state index is 0.0926. The van der Waals surface area contributed by atoms with Crippen molar-refractivity contribution in [2.24, 2.45) is 5.73 Å². The lowest BCUT2D eigenvalue weighted by atomic mass is 10.0. The van der Waals surface area contributed by atoms with Crippen molar-refractivity contribution in [3.8, 4) is 12.3 Å². The molecule has 0 aliphatic carbocycles. The van der Waals surface area contributed by atoms with Crippen LogP contribution in [0.15, 0.2) is 24.3 Å². The highest BCUT2D eigenvalue weighted by molar-refractivity contribution is 5.98. The zero-order valence-corrected chi connectivity index (χ0v) is 10.3. The molecule has 0 aromatic heterocycles. The van der Waals surface area contributed by atoms with Gasteiger partial charge in [0.25, 0.3) is 5.91 Å². The van der Waals surface area contributed by atoms with Crippen LogP contribution in [0.3, 0.4) is 0 Å². The Balaban J connectivity index is 2.87. The van der Waals surface area contributed by atoms with Gasteiger partial charge in [-0.05, 0) is 18.1 Å². The largest absolute Gasteiger partial charge is 0.368 e. The molecule has 0 fully saturated rings. The molecule has 0 bridgehead atoms. The minimum atomic E-state index is -0.826. The van der Waals surface area contributed by atoms with Gasteiger partial charge in [-0.3, -0.25) is 9.59 Å². The summed E-state index contributed by atoms with van der Waals surface area (Å²) in [6, 6.07) is 6.39. The van der Waals surface area contributed by atoms with Gasteiger partial charge in [-0.1, -0.05) is 25.1 Å². The van der Waals surface area contributed by atoms with Crippen LogP contribution in [0.4, 0.5) is 0 Å². The van der Waals surface area contributed by atoms with Crippen LogP contribution in [-0.4, -0.2) is 17.9 Å². The van der Waals surface area contributed by atoms with E-state index in [1.54, 1.807) is 12.1 Å². The normalized spacial score (nSPS) is 11.3. The van der Waals surface area contributed by atoms with E-state index in [2.05, 4.69) is 11.2 Å². The summed E-state index contributed by atoms with van der Waals surface area (Å²) >= 11 is 0. The number of aryl methyl sites for hydroxylation is 1. The summed E-state index contributed by atoms with van der Waals surface area (Å²) in [5, 5.41) is 2.55. The second kappa shape index (κ2) is 6.45. The lowest BCUT2D eigenvalue weighted by Crippen LogP contribution is -2.44. The molecule has 18 heavy (non-hydrogen) atoms. The number of primary amides is 1. The van der Waals surface area contributed by atoms with Crippen LogP contribution in [0.1, 0.15) is 29.3 Å². The lowest BCUT2D eigenvalue weighted by molar-refractivity contribution is -0.119. The number of nitrogens with two attached hydrogens (primary N) is 1. The highest BCUT2D eigenvalue weighted by Crippen LogP contribution is 2.09. The Labute approximate surface area is 107 Å². The van der Waals surface area contributed by atoms with Crippen molar-refractivity contribution in [2.45, 2.75) is 25.8 Å². The van der Waals surface area contributed by atoms with E-state index in [1.165, 1.54) is 0 Å². The molecule has 4 heteroatoms. The van der Waals surface area contributed by atoms with Gasteiger partial charge >= 0.3 is 0 Å². The van der Waals surface area contributed by atoms with Crippen LogP contribution >= 0.6 is 0 Å². The van der Waals surface area contributed by atoms with Gasteiger partial charge in [0.1, 0.15) is 6.04 Å². The number of carbonyl (C=O) groups is 2. The van der Waals surface area contributed by atoms with Gasteiger partial charge in [-0.15, -0.1) is 12.3 Å². The minimum Gasteiger partial charge on any atom is -0.368 e. The Morgan fingerprint density at radius 3 is 2.67 bits per heavy atom. The van der Waals surface area contributed by atoms with E-state index in [1.807, 2.05) is 19.1 Å². The summed E-state index contributed by atoms with van der Waals surface area (Å²) in [4.78, 5) is 23.1. The molecule has 1 aromatic carbocycles. The molecular formula is C14H16N2O2. The van der Waals surface area contributed by atoms with E-state index in [9.17, 15) is 9.59 Å². The first kappa shape index (κ1) is 13.8. The highest BCUT2D eigenvalue weighted by atomic mass is 16.2. The molecule has 0 radical (unpaired) electrons. The Morgan fingerprint density at radius 1 is 1.44 bits per heavy atom. The zero-order chi connectivity index (χ0) is 13.5. The van der Waals surface area contributed by atoms with Crippen LogP contribution < -0.4 is 11.1 Å². The fourth-order valence-electron chi connectivity index (χ4n) is 1.63. The summed E-state index contributed by atoms with van der Waals surface area (Å²) in [7, 11) is 0. The third kappa shape index (κ3) is 3.36. The number of amides is 2. The Bertz CT molecular complexity index is 489. The molecule has 3 N–H and O–H groups in total. The molecule has 94 valence electrons. The third-order valence-corrected chi connectivity index (χ3v) is 2.61. The monoisotopic (exact) mass is 244 g/mol. The average Bonchev–Trinajstić information content (AvgIpc) is 2.37. The molecule has 0 saturated carbocycles. The fourth-order valence-corrected chi connectivity index (χ4v) is 1.63. The Kier molecular flexibility index (Phi) is 4.94. The molecule has 0 heterocycles. The number of terminal acetylenes is 1. The van der Waals surface area contributed by atoms with Gasteiger partial charge in [0, 0.05) is 12.0 Å². The quantitative estimate of drug-likeness (QED) is 0.754.